The molecule has 1 aliphatic rings. The Balaban J connectivity index is 2.44. The first kappa shape index (κ1) is 18.4. The Morgan fingerprint density at radius 2 is 1.76 bits per heavy atom. The van der Waals surface area contributed by atoms with Crippen molar-refractivity contribution in [2.24, 2.45) is 0 Å². The van der Waals surface area contributed by atoms with E-state index in [0.29, 0.717) is 6.54 Å². The Hall–Kier alpha value is -0.690. The van der Waals surface area contributed by atoms with Gasteiger partial charge in [0, 0.05) is 51.9 Å². The zero-order valence-corrected chi connectivity index (χ0v) is 14.2. The normalized spacial score (nSPS) is 20.9. The second-order valence-corrected chi connectivity index (χ2v) is 6.86. The molecule has 1 fully saturated rings. The third-order valence-corrected chi connectivity index (χ3v) is 3.95. The van der Waals surface area contributed by atoms with Crippen molar-refractivity contribution in [2.75, 3.05) is 59.9 Å². The molecule has 0 saturated carbocycles. The van der Waals surface area contributed by atoms with Crippen molar-refractivity contribution in [3.05, 3.63) is 0 Å². The molecule has 1 saturated heterocycles. The summed E-state index contributed by atoms with van der Waals surface area (Å²) >= 11 is 0. The maximum absolute atomic E-state index is 11.6. The molecule has 1 atom stereocenters. The van der Waals surface area contributed by atoms with Gasteiger partial charge in [0.15, 0.2) is 0 Å². The van der Waals surface area contributed by atoms with E-state index in [0.717, 1.165) is 39.3 Å². The van der Waals surface area contributed by atoms with E-state index in [1.807, 2.05) is 13.8 Å². The van der Waals surface area contributed by atoms with Gasteiger partial charge in [-0.05, 0) is 34.9 Å². The first-order valence-electron chi connectivity index (χ1n) is 7.83. The fourth-order valence-corrected chi connectivity index (χ4v) is 2.77. The minimum atomic E-state index is -0.875. The summed E-state index contributed by atoms with van der Waals surface area (Å²) in [6.45, 7) is 12.4. The number of carbonyl (C=O) groups is 1. The van der Waals surface area contributed by atoms with Crippen LogP contribution in [0.1, 0.15) is 20.8 Å². The van der Waals surface area contributed by atoms with Crippen LogP contribution in [0.15, 0.2) is 0 Å². The standard InChI is InChI=1S/C15H32N4O2/c1-13(2)16-15(3,14(20)21)12-19-10-8-18(9-11-19)7-6-17(4)5/h13,16H,6-12H2,1-5H3,(H,20,21). The monoisotopic (exact) mass is 300 g/mol. The predicted molar refractivity (Wildman–Crippen MR) is 85.7 cm³/mol. The fraction of sp³-hybridized carbons (Fsp3) is 0.933. The lowest BCUT2D eigenvalue weighted by Crippen LogP contribution is -2.61. The Labute approximate surface area is 129 Å². The highest BCUT2D eigenvalue weighted by Crippen LogP contribution is 2.11. The molecule has 6 nitrogen and oxygen atoms in total. The van der Waals surface area contributed by atoms with Gasteiger partial charge in [-0.15, -0.1) is 0 Å². The average molecular weight is 300 g/mol. The van der Waals surface area contributed by atoms with Gasteiger partial charge in [-0.2, -0.15) is 0 Å². The van der Waals surface area contributed by atoms with Crippen LogP contribution in [0, 0.1) is 0 Å². The quantitative estimate of drug-likeness (QED) is 0.658. The van der Waals surface area contributed by atoms with Crippen LogP contribution in [0.2, 0.25) is 0 Å². The van der Waals surface area contributed by atoms with Crippen molar-refractivity contribution in [3.63, 3.8) is 0 Å². The molecular formula is C15H32N4O2. The van der Waals surface area contributed by atoms with Crippen LogP contribution in [0.3, 0.4) is 0 Å². The number of piperazine rings is 1. The van der Waals surface area contributed by atoms with Gasteiger partial charge in [-0.3, -0.25) is 19.9 Å². The van der Waals surface area contributed by atoms with Crippen LogP contribution < -0.4 is 5.32 Å². The maximum atomic E-state index is 11.6. The molecule has 0 aliphatic carbocycles. The lowest BCUT2D eigenvalue weighted by Gasteiger charge is -2.39. The molecule has 124 valence electrons. The smallest absolute Gasteiger partial charge is 0.324 e. The van der Waals surface area contributed by atoms with E-state index >= 15 is 0 Å². The molecule has 2 N–H and O–H groups in total. The predicted octanol–water partition coefficient (Wildman–Crippen LogP) is 0.00690. The molecule has 1 unspecified atom stereocenters. The third-order valence-electron chi connectivity index (χ3n) is 3.95. The first-order chi connectivity index (χ1) is 9.73. The number of hydrogen-bond acceptors (Lipinski definition) is 5. The highest BCUT2D eigenvalue weighted by Gasteiger charge is 2.36. The second-order valence-electron chi connectivity index (χ2n) is 6.86. The summed E-state index contributed by atoms with van der Waals surface area (Å²) in [7, 11) is 4.18. The molecule has 0 radical (unpaired) electrons. The molecule has 0 aromatic rings. The number of likely N-dealkylation sites (N-methyl/N-ethyl adjacent to an activating group) is 1. The summed E-state index contributed by atoms with van der Waals surface area (Å²) in [6.07, 6.45) is 0. The Kier molecular flexibility index (Phi) is 7.06. The Bertz CT molecular complexity index is 328. The molecule has 0 aromatic carbocycles. The van der Waals surface area contributed by atoms with Crippen LogP contribution in [0.5, 0.6) is 0 Å². The average Bonchev–Trinajstić information content (AvgIpc) is 2.36. The van der Waals surface area contributed by atoms with Crippen LogP contribution in [0.25, 0.3) is 0 Å². The van der Waals surface area contributed by atoms with Crippen molar-refractivity contribution in [1.82, 2.24) is 20.0 Å². The molecule has 0 aromatic heterocycles. The van der Waals surface area contributed by atoms with Crippen molar-refractivity contribution in [1.29, 1.82) is 0 Å². The topological polar surface area (TPSA) is 59.0 Å². The number of carboxylic acid groups (broad SMARTS) is 1. The summed E-state index contributed by atoms with van der Waals surface area (Å²) < 4.78 is 0. The zero-order chi connectivity index (χ0) is 16.0. The van der Waals surface area contributed by atoms with E-state index in [1.54, 1.807) is 6.92 Å². The molecular weight excluding hydrogens is 268 g/mol. The molecule has 1 aliphatic heterocycles. The van der Waals surface area contributed by atoms with Crippen molar-refractivity contribution >= 4 is 5.97 Å². The van der Waals surface area contributed by atoms with Gasteiger partial charge < -0.3 is 10.0 Å². The molecule has 0 amide bonds. The van der Waals surface area contributed by atoms with E-state index < -0.39 is 11.5 Å². The second kappa shape index (κ2) is 8.08. The highest BCUT2D eigenvalue weighted by molar-refractivity contribution is 5.78. The van der Waals surface area contributed by atoms with Gasteiger partial charge >= 0.3 is 5.97 Å². The summed E-state index contributed by atoms with van der Waals surface area (Å²) in [4.78, 5) is 18.5. The van der Waals surface area contributed by atoms with Gasteiger partial charge in [0.05, 0.1) is 0 Å². The largest absolute Gasteiger partial charge is 0.480 e. The van der Waals surface area contributed by atoms with E-state index in [1.165, 1.54) is 0 Å². The Morgan fingerprint density at radius 1 is 1.24 bits per heavy atom. The van der Waals surface area contributed by atoms with Gasteiger partial charge in [0.25, 0.3) is 0 Å². The number of rotatable bonds is 8. The minimum Gasteiger partial charge on any atom is -0.480 e. The maximum Gasteiger partial charge on any atom is 0.324 e. The van der Waals surface area contributed by atoms with Gasteiger partial charge in [-0.25, -0.2) is 0 Å². The van der Waals surface area contributed by atoms with Crippen LogP contribution in [0.4, 0.5) is 0 Å². The number of aliphatic carboxylic acids is 1. The van der Waals surface area contributed by atoms with Gasteiger partial charge in [-0.1, -0.05) is 0 Å². The van der Waals surface area contributed by atoms with E-state index in [2.05, 4.69) is 34.1 Å². The van der Waals surface area contributed by atoms with E-state index in [-0.39, 0.29) is 6.04 Å². The molecule has 1 rings (SSSR count). The van der Waals surface area contributed by atoms with Crippen LogP contribution >= 0.6 is 0 Å². The number of hydrogen-bond donors (Lipinski definition) is 2. The van der Waals surface area contributed by atoms with E-state index in [9.17, 15) is 9.90 Å². The molecule has 1 heterocycles. The Morgan fingerprint density at radius 3 is 2.19 bits per heavy atom. The van der Waals surface area contributed by atoms with Crippen molar-refractivity contribution in [3.8, 4) is 0 Å². The molecule has 6 heteroatoms. The number of nitrogens with zero attached hydrogens (tertiary/aromatic N) is 3. The highest BCUT2D eigenvalue weighted by atomic mass is 16.4. The summed E-state index contributed by atoms with van der Waals surface area (Å²) in [5.74, 6) is -0.772. The third kappa shape index (κ3) is 6.30. The SMILES string of the molecule is CC(C)NC(C)(CN1CCN(CCN(C)C)CC1)C(=O)O. The number of carboxylic acids is 1. The van der Waals surface area contributed by atoms with Gasteiger partial charge in [0.1, 0.15) is 5.54 Å². The fourth-order valence-electron chi connectivity index (χ4n) is 2.77. The van der Waals surface area contributed by atoms with E-state index in [4.69, 9.17) is 0 Å². The van der Waals surface area contributed by atoms with Crippen molar-refractivity contribution < 1.29 is 9.90 Å². The molecule has 0 bridgehead atoms. The van der Waals surface area contributed by atoms with Crippen molar-refractivity contribution in [2.45, 2.75) is 32.4 Å². The molecule has 21 heavy (non-hydrogen) atoms. The molecule has 0 spiro atoms. The first-order valence-corrected chi connectivity index (χ1v) is 7.83. The number of nitrogens with one attached hydrogen (secondary N) is 1. The summed E-state index contributed by atoms with van der Waals surface area (Å²) in [6, 6.07) is 0.160. The van der Waals surface area contributed by atoms with Crippen LogP contribution in [-0.2, 0) is 4.79 Å². The lowest BCUT2D eigenvalue weighted by molar-refractivity contribution is -0.145. The summed E-state index contributed by atoms with van der Waals surface area (Å²) in [5, 5.41) is 12.7. The van der Waals surface area contributed by atoms with Gasteiger partial charge in [0.2, 0.25) is 0 Å². The summed E-state index contributed by atoms with van der Waals surface area (Å²) in [5.41, 5.74) is -0.875. The zero-order valence-electron chi connectivity index (χ0n) is 14.2. The lowest BCUT2D eigenvalue weighted by atomic mass is 10.00. The van der Waals surface area contributed by atoms with Crippen LogP contribution in [-0.4, -0.2) is 97.3 Å². The minimum absolute atomic E-state index is 0.160.